The predicted octanol–water partition coefficient (Wildman–Crippen LogP) is 4.98. The monoisotopic (exact) mass is 493 g/mol. The van der Waals surface area contributed by atoms with E-state index in [4.69, 9.17) is 0 Å². The molecule has 0 spiro atoms. The summed E-state index contributed by atoms with van der Waals surface area (Å²) in [5, 5.41) is 11.5. The van der Waals surface area contributed by atoms with E-state index in [-0.39, 0.29) is 5.91 Å². The van der Waals surface area contributed by atoms with Crippen LogP contribution in [-0.2, 0) is 7.05 Å². The molecule has 8 nitrogen and oxygen atoms in total. The molecule has 1 aromatic carbocycles. The average molecular weight is 494 g/mol. The third-order valence-corrected chi connectivity index (χ3v) is 6.44. The van der Waals surface area contributed by atoms with Crippen LogP contribution in [-0.4, -0.2) is 50.0 Å². The van der Waals surface area contributed by atoms with Crippen molar-refractivity contribution in [2.45, 2.75) is 38.6 Å². The molecule has 188 valence electrons. The number of carbonyl (C=O) groups is 1. The highest BCUT2D eigenvalue weighted by Gasteiger charge is 2.29. The van der Waals surface area contributed by atoms with E-state index in [1.165, 1.54) is 12.8 Å². The molecule has 1 saturated carbocycles. The Labute approximate surface area is 217 Å². The third kappa shape index (κ3) is 5.91. The number of nitrogens with one attached hydrogen (secondary N) is 1. The Bertz CT molecular complexity index is 1380. The van der Waals surface area contributed by atoms with Gasteiger partial charge in [0.15, 0.2) is 0 Å². The molecule has 2 aliphatic rings. The van der Waals surface area contributed by atoms with Gasteiger partial charge in [-0.3, -0.25) is 9.78 Å². The largest absolute Gasteiger partial charge is 0.352 e. The van der Waals surface area contributed by atoms with Gasteiger partial charge in [0.2, 0.25) is 0 Å². The van der Waals surface area contributed by atoms with Crippen molar-refractivity contribution in [3.8, 4) is 22.6 Å². The van der Waals surface area contributed by atoms with Crippen molar-refractivity contribution >= 4 is 18.0 Å². The lowest BCUT2D eigenvalue weighted by Gasteiger charge is -2.21. The number of imidazole rings is 1. The lowest BCUT2D eigenvalue weighted by atomic mass is 10.1. The van der Waals surface area contributed by atoms with E-state index in [2.05, 4.69) is 37.3 Å². The number of rotatable bonds is 9. The van der Waals surface area contributed by atoms with E-state index in [9.17, 15) is 4.79 Å². The van der Waals surface area contributed by atoms with Gasteiger partial charge >= 0.3 is 0 Å². The van der Waals surface area contributed by atoms with E-state index < -0.39 is 0 Å². The normalized spacial score (nSPS) is 15.8. The average Bonchev–Trinajstić information content (AvgIpc) is 3.72. The summed E-state index contributed by atoms with van der Waals surface area (Å²) in [4.78, 5) is 24.4. The molecule has 1 N–H and O–H groups in total. The van der Waals surface area contributed by atoms with Gasteiger partial charge in [-0.2, -0.15) is 5.10 Å². The number of hydrogen-bond acceptors (Lipinski definition) is 6. The highest BCUT2D eigenvalue weighted by Crippen LogP contribution is 2.27. The highest BCUT2D eigenvalue weighted by atomic mass is 16.1. The predicted molar refractivity (Wildman–Crippen MR) is 147 cm³/mol. The number of hydrogen-bond donors (Lipinski definition) is 1. The number of amides is 1. The first-order valence-electron chi connectivity index (χ1n) is 12.7. The summed E-state index contributed by atoms with van der Waals surface area (Å²) >= 11 is 0. The molecule has 0 unspecified atom stereocenters. The highest BCUT2D eigenvalue weighted by molar-refractivity contribution is 5.95. The van der Waals surface area contributed by atoms with Crippen LogP contribution in [0.15, 0.2) is 89.0 Å². The fourth-order valence-electron chi connectivity index (χ4n) is 4.27. The maximum Gasteiger partial charge on any atom is 0.274 e. The standard InChI is InChI=1S/C29H31N7O/c1-3-4-10-23(11-12-24-19-36(20-32-34-24)25-13-14-25)33-29(37)26-17-22(15-16-30-26)27-18-31-28(35(27)2)21-8-6-5-7-9-21/h4-11,15-18,20,25H,3,12-14,19H2,1-2H3,(H,33,37). The van der Waals surface area contributed by atoms with E-state index in [0.717, 1.165) is 47.0 Å². The van der Waals surface area contributed by atoms with Crippen LogP contribution < -0.4 is 5.32 Å². The molecule has 1 amide bonds. The van der Waals surface area contributed by atoms with Crippen LogP contribution in [0.4, 0.5) is 0 Å². The summed E-state index contributed by atoms with van der Waals surface area (Å²) in [5.74, 6) is 0.603. The third-order valence-electron chi connectivity index (χ3n) is 6.44. The molecule has 1 fully saturated rings. The second-order valence-electron chi connectivity index (χ2n) is 9.25. The Balaban J connectivity index is 1.31. The summed E-state index contributed by atoms with van der Waals surface area (Å²) in [6.07, 6.45) is 15.2. The Kier molecular flexibility index (Phi) is 7.35. The van der Waals surface area contributed by atoms with Crippen LogP contribution in [0.1, 0.15) is 43.1 Å². The molecule has 0 radical (unpaired) electrons. The summed E-state index contributed by atoms with van der Waals surface area (Å²) in [5.41, 5.74) is 4.87. The zero-order valence-corrected chi connectivity index (χ0v) is 21.2. The Hall–Kier alpha value is -4.33. The minimum Gasteiger partial charge on any atom is -0.352 e. The summed E-state index contributed by atoms with van der Waals surface area (Å²) in [7, 11) is 1.98. The summed E-state index contributed by atoms with van der Waals surface area (Å²) < 4.78 is 2.03. The van der Waals surface area contributed by atoms with Gasteiger partial charge in [-0.05, 0) is 37.5 Å². The number of pyridine rings is 1. The summed E-state index contributed by atoms with van der Waals surface area (Å²) in [6.45, 7) is 2.84. The molecule has 8 heteroatoms. The molecule has 2 aromatic heterocycles. The number of allylic oxidation sites excluding steroid dienone is 3. The molecular formula is C29H31N7O. The fraction of sp³-hybridized carbons (Fsp3) is 0.276. The molecule has 0 atom stereocenters. The van der Waals surface area contributed by atoms with Crippen LogP contribution >= 0.6 is 0 Å². The van der Waals surface area contributed by atoms with Crippen molar-refractivity contribution in [3.63, 3.8) is 0 Å². The first kappa shape index (κ1) is 24.4. The van der Waals surface area contributed by atoms with Gasteiger partial charge in [0.1, 0.15) is 17.9 Å². The molecule has 5 rings (SSSR count). The van der Waals surface area contributed by atoms with Crippen LogP contribution in [0.25, 0.3) is 22.6 Å². The van der Waals surface area contributed by atoms with E-state index in [1.807, 2.05) is 78.8 Å². The van der Waals surface area contributed by atoms with E-state index in [1.54, 1.807) is 12.3 Å². The summed E-state index contributed by atoms with van der Waals surface area (Å²) in [6, 6.07) is 14.3. The van der Waals surface area contributed by atoms with Crippen molar-refractivity contribution < 1.29 is 4.79 Å². The van der Waals surface area contributed by atoms with Gasteiger partial charge in [0.05, 0.1) is 24.1 Å². The maximum atomic E-state index is 13.2. The molecule has 0 bridgehead atoms. The maximum absolute atomic E-state index is 13.2. The number of aromatic nitrogens is 3. The molecule has 0 saturated heterocycles. The van der Waals surface area contributed by atoms with Crippen molar-refractivity contribution in [3.05, 3.63) is 84.5 Å². The molecule has 1 aliphatic carbocycles. The van der Waals surface area contributed by atoms with Crippen LogP contribution in [0.5, 0.6) is 0 Å². The van der Waals surface area contributed by atoms with Gasteiger partial charge in [0.25, 0.3) is 5.91 Å². The van der Waals surface area contributed by atoms with E-state index in [0.29, 0.717) is 18.2 Å². The fourth-order valence-corrected chi connectivity index (χ4v) is 4.27. The molecule has 1 aliphatic heterocycles. The Morgan fingerprint density at radius 2 is 1.97 bits per heavy atom. The lowest BCUT2D eigenvalue weighted by Crippen LogP contribution is -2.32. The van der Waals surface area contributed by atoms with Crippen molar-refractivity contribution in [2.24, 2.45) is 17.3 Å². The molecule has 3 aromatic rings. The van der Waals surface area contributed by atoms with Crippen LogP contribution in [0.2, 0.25) is 0 Å². The smallest absolute Gasteiger partial charge is 0.274 e. The van der Waals surface area contributed by atoms with Gasteiger partial charge in [-0.15, -0.1) is 5.10 Å². The minimum absolute atomic E-state index is 0.262. The number of carbonyl (C=O) groups excluding carboxylic acids is 1. The van der Waals surface area contributed by atoms with Gasteiger partial charge in [-0.25, -0.2) is 4.98 Å². The van der Waals surface area contributed by atoms with E-state index >= 15 is 0 Å². The minimum atomic E-state index is -0.262. The van der Waals surface area contributed by atoms with Crippen LogP contribution in [0.3, 0.4) is 0 Å². The first-order chi connectivity index (χ1) is 18.1. The second kappa shape index (κ2) is 11.2. The van der Waals surface area contributed by atoms with Crippen LogP contribution in [0, 0.1) is 0 Å². The second-order valence-corrected chi connectivity index (χ2v) is 9.25. The molecule has 37 heavy (non-hydrogen) atoms. The molecule has 3 heterocycles. The van der Waals surface area contributed by atoms with Gasteiger partial charge in [0, 0.05) is 42.5 Å². The number of benzene rings is 1. The van der Waals surface area contributed by atoms with Gasteiger partial charge in [-0.1, -0.05) is 49.4 Å². The lowest BCUT2D eigenvalue weighted by molar-refractivity contribution is 0.0962. The van der Waals surface area contributed by atoms with Crippen molar-refractivity contribution in [1.29, 1.82) is 0 Å². The quantitative estimate of drug-likeness (QED) is 0.426. The Morgan fingerprint density at radius 1 is 1.14 bits per heavy atom. The van der Waals surface area contributed by atoms with Gasteiger partial charge < -0.3 is 14.8 Å². The topological polar surface area (TPSA) is 87.8 Å². The molecular weight excluding hydrogens is 462 g/mol. The Morgan fingerprint density at radius 3 is 2.76 bits per heavy atom. The zero-order valence-electron chi connectivity index (χ0n) is 21.2. The first-order valence-corrected chi connectivity index (χ1v) is 12.7. The van der Waals surface area contributed by atoms with Crippen molar-refractivity contribution in [2.75, 3.05) is 6.54 Å². The zero-order chi connectivity index (χ0) is 25.6. The van der Waals surface area contributed by atoms with Crippen molar-refractivity contribution in [1.82, 2.24) is 24.8 Å². The number of nitrogens with zero attached hydrogens (tertiary/aromatic N) is 6. The SMILES string of the molecule is CCC=CC(=CCC1=NN=CN(C2CC2)C1)NC(=O)c1cc(-c2cnc(-c3ccccc3)n2C)ccn1.